The first kappa shape index (κ1) is 16.3. The summed E-state index contributed by atoms with van der Waals surface area (Å²) in [5, 5.41) is 10.2. The number of hydrogen-bond donors (Lipinski definition) is 1. The Morgan fingerprint density at radius 1 is 1.38 bits per heavy atom. The lowest BCUT2D eigenvalue weighted by atomic mass is 10.2. The van der Waals surface area contributed by atoms with Crippen molar-refractivity contribution in [2.45, 2.75) is 32.0 Å². The molecule has 3 rings (SSSR count). The zero-order chi connectivity index (χ0) is 17.5. The topological polar surface area (TPSA) is 74.0 Å². The Morgan fingerprint density at radius 2 is 2.12 bits per heavy atom. The van der Waals surface area contributed by atoms with E-state index in [1.807, 2.05) is 0 Å². The van der Waals surface area contributed by atoms with E-state index in [0.717, 1.165) is 4.68 Å². The number of aromatic nitrogens is 4. The SMILES string of the molecule is COc1cc(NC(=O)Cn2nc(C(F)(F)F)c3c2CCC3)nn1C. The maximum atomic E-state index is 13.0. The molecule has 1 aliphatic rings. The molecule has 0 fully saturated rings. The summed E-state index contributed by atoms with van der Waals surface area (Å²) in [5.74, 6) is 0.213. The minimum absolute atomic E-state index is 0.204. The van der Waals surface area contributed by atoms with Gasteiger partial charge in [0.25, 0.3) is 0 Å². The molecule has 2 aromatic heterocycles. The van der Waals surface area contributed by atoms with Gasteiger partial charge in [0.2, 0.25) is 11.8 Å². The van der Waals surface area contributed by atoms with Gasteiger partial charge in [0.05, 0.1) is 7.11 Å². The number of ether oxygens (including phenoxy) is 1. The van der Waals surface area contributed by atoms with E-state index in [1.54, 1.807) is 7.05 Å². The van der Waals surface area contributed by atoms with Crippen molar-refractivity contribution in [3.63, 3.8) is 0 Å². The Bertz CT molecular complexity index is 778. The zero-order valence-corrected chi connectivity index (χ0v) is 13.1. The fourth-order valence-electron chi connectivity index (χ4n) is 2.89. The Kier molecular flexibility index (Phi) is 3.98. The molecule has 130 valence electrons. The van der Waals surface area contributed by atoms with Crippen molar-refractivity contribution in [3.05, 3.63) is 23.0 Å². The highest BCUT2D eigenvalue weighted by molar-refractivity contribution is 5.89. The predicted octanol–water partition coefficient (Wildman–Crippen LogP) is 1.77. The van der Waals surface area contributed by atoms with Gasteiger partial charge in [-0.3, -0.25) is 9.48 Å². The number of carbonyl (C=O) groups is 1. The molecular weight excluding hydrogens is 327 g/mol. The number of fused-ring (bicyclic) bond motifs is 1. The van der Waals surface area contributed by atoms with Gasteiger partial charge in [-0.25, -0.2) is 4.68 Å². The molecule has 0 saturated carbocycles. The molecule has 0 atom stereocenters. The van der Waals surface area contributed by atoms with Crippen LogP contribution >= 0.6 is 0 Å². The molecule has 0 unspecified atom stereocenters. The first-order valence-corrected chi connectivity index (χ1v) is 7.33. The Labute approximate surface area is 135 Å². The molecule has 2 aromatic rings. The van der Waals surface area contributed by atoms with Crippen molar-refractivity contribution in [1.82, 2.24) is 19.6 Å². The third-order valence-corrected chi connectivity index (χ3v) is 3.88. The summed E-state index contributed by atoms with van der Waals surface area (Å²) in [6.07, 6.45) is -3.05. The smallest absolute Gasteiger partial charge is 0.435 e. The van der Waals surface area contributed by atoms with Crippen molar-refractivity contribution in [2.75, 3.05) is 12.4 Å². The van der Waals surface area contributed by atoms with Gasteiger partial charge < -0.3 is 10.1 Å². The number of halogens is 3. The summed E-state index contributed by atoms with van der Waals surface area (Å²) in [6, 6.07) is 1.52. The number of nitrogens with zero attached hydrogens (tertiary/aromatic N) is 4. The van der Waals surface area contributed by atoms with Crippen LogP contribution in [0.4, 0.5) is 19.0 Å². The van der Waals surface area contributed by atoms with Crippen molar-refractivity contribution < 1.29 is 22.7 Å². The van der Waals surface area contributed by atoms with Crippen LogP contribution < -0.4 is 10.1 Å². The maximum Gasteiger partial charge on any atom is 0.435 e. The number of rotatable bonds is 4. The molecule has 0 saturated heterocycles. The average Bonchev–Trinajstić information content (AvgIpc) is 3.14. The maximum absolute atomic E-state index is 13.0. The molecule has 0 radical (unpaired) electrons. The first-order valence-electron chi connectivity index (χ1n) is 7.33. The third-order valence-electron chi connectivity index (χ3n) is 3.88. The standard InChI is InChI=1S/C14H16F3N5O2/c1-21-12(24-2)6-10(19-21)18-11(23)7-22-9-5-3-4-8(9)13(20-22)14(15,16)17/h6H,3-5,7H2,1-2H3,(H,18,19,23). The van der Waals surface area contributed by atoms with Crippen LogP contribution in [0.15, 0.2) is 6.07 Å². The van der Waals surface area contributed by atoms with Gasteiger partial charge in [-0.05, 0) is 19.3 Å². The monoisotopic (exact) mass is 343 g/mol. The summed E-state index contributed by atoms with van der Waals surface area (Å²) in [6.45, 7) is -0.294. The fraction of sp³-hybridized carbons (Fsp3) is 0.500. The second-order valence-corrected chi connectivity index (χ2v) is 5.53. The molecule has 0 aromatic carbocycles. The number of aryl methyl sites for hydroxylation is 1. The van der Waals surface area contributed by atoms with Crippen LogP contribution in [0.25, 0.3) is 0 Å². The number of anilines is 1. The van der Waals surface area contributed by atoms with Crippen LogP contribution in [0.3, 0.4) is 0 Å². The number of nitrogens with one attached hydrogen (secondary N) is 1. The quantitative estimate of drug-likeness (QED) is 0.918. The number of alkyl halides is 3. The van der Waals surface area contributed by atoms with E-state index in [2.05, 4.69) is 15.5 Å². The van der Waals surface area contributed by atoms with Gasteiger partial charge in [-0.1, -0.05) is 0 Å². The summed E-state index contributed by atoms with van der Waals surface area (Å²) in [5.41, 5.74) is -0.201. The van der Waals surface area contributed by atoms with Gasteiger partial charge in [0.15, 0.2) is 11.5 Å². The zero-order valence-electron chi connectivity index (χ0n) is 13.1. The molecule has 24 heavy (non-hydrogen) atoms. The molecule has 7 nitrogen and oxygen atoms in total. The van der Waals surface area contributed by atoms with Crippen LogP contribution in [0.2, 0.25) is 0 Å². The summed E-state index contributed by atoms with van der Waals surface area (Å²) < 4.78 is 46.7. The second kappa shape index (κ2) is 5.84. The average molecular weight is 343 g/mol. The van der Waals surface area contributed by atoms with Crippen LogP contribution in [0.1, 0.15) is 23.4 Å². The lowest BCUT2D eigenvalue weighted by molar-refractivity contribution is -0.142. The molecule has 1 N–H and O–H groups in total. The minimum Gasteiger partial charge on any atom is -0.481 e. The van der Waals surface area contributed by atoms with Crippen LogP contribution in [-0.4, -0.2) is 32.6 Å². The van der Waals surface area contributed by atoms with Crippen molar-refractivity contribution >= 4 is 11.7 Å². The van der Waals surface area contributed by atoms with Crippen LogP contribution in [0.5, 0.6) is 5.88 Å². The van der Waals surface area contributed by atoms with E-state index in [1.165, 1.54) is 17.9 Å². The van der Waals surface area contributed by atoms with E-state index in [-0.39, 0.29) is 17.9 Å². The number of amides is 1. The Hall–Kier alpha value is -2.52. The largest absolute Gasteiger partial charge is 0.481 e. The fourth-order valence-corrected chi connectivity index (χ4v) is 2.89. The van der Waals surface area contributed by atoms with E-state index >= 15 is 0 Å². The van der Waals surface area contributed by atoms with Gasteiger partial charge in [-0.2, -0.15) is 23.4 Å². The van der Waals surface area contributed by atoms with Crippen molar-refractivity contribution in [2.24, 2.45) is 7.05 Å². The number of methoxy groups -OCH3 is 1. The normalized spacial score (nSPS) is 13.9. The molecule has 0 aliphatic heterocycles. The van der Waals surface area contributed by atoms with E-state index < -0.39 is 17.8 Å². The van der Waals surface area contributed by atoms with Gasteiger partial charge in [0, 0.05) is 24.4 Å². The molecule has 0 bridgehead atoms. The minimum atomic E-state index is -4.51. The van der Waals surface area contributed by atoms with Crippen molar-refractivity contribution in [3.8, 4) is 5.88 Å². The van der Waals surface area contributed by atoms with E-state index in [9.17, 15) is 18.0 Å². The number of carbonyl (C=O) groups excluding carboxylic acids is 1. The molecule has 1 aliphatic carbocycles. The van der Waals surface area contributed by atoms with Crippen LogP contribution in [-0.2, 0) is 37.4 Å². The lowest BCUT2D eigenvalue weighted by Crippen LogP contribution is -2.21. The highest BCUT2D eigenvalue weighted by Crippen LogP contribution is 2.36. The highest BCUT2D eigenvalue weighted by Gasteiger charge is 2.40. The van der Waals surface area contributed by atoms with Gasteiger partial charge in [0.1, 0.15) is 6.54 Å². The Balaban J connectivity index is 1.77. The highest BCUT2D eigenvalue weighted by atomic mass is 19.4. The lowest BCUT2D eigenvalue weighted by Gasteiger charge is -2.06. The third kappa shape index (κ3) is 2.95. The van der Waals surface area contributed by atoms with Crippen LogP contribution in [0, 0.1) is 0 Å². The molecular formula is C14H16F3N5O2. The number of hydrogen-bond acceptors (Lipinski definition) is 4. The molecule has 1 amide bonds. The second-order valence-electron chi connectivity index (χ2n) is 5.53. The van der Waals surface area contributed by atoms with E-state index in [4.69, 9.17) is 4.74 Å². The Morgan fingerprint density at radius 3 is 2.75 bits per heavy atom. The van der Waals surface area contributed by atoms with Gasteiger partial charge in [-0.15, -0.1) is 0 Å². The van der Waals surface area contributed by atoms with Gasteiger partial charge >= 0.3 is 6.18 Å². The first-order chi connectivity index (χ1) is 11.3. The molecule has 0 spiro atoms. The summed E-state index contributed by atoms with van der Waals surface area (Å²) in [7, 11) is 3.11. The van der Waals surface area contributed by atoms with E-state index in [0.29, 0.717) is 30.8 Å². The predicted molar refractivity (Wildman–Crippen MR) is 77.6 cm³/mol. The summed E-state index contributed by atoms with van der Waals surface area (Å²) in [4.78, 5) is 12.1. The van der Waals surface area contributed by atoms with Crippen molar-refractivity contribution in [1.29, 1.82) is 0 Å². The molecule has 2 heterocycles. The summed E-state index contributed by atoms with van der Waals surface area (Å²) >= 11 is 0. The molecule has 10 heteroatoms.